The van der Waals surface area contributed by atoms with E-state index in [1.807, 2.05) is 0 Å². The molecule has 0 unspecified atom stereocenters. The molecule has 1 atom stereocenters. The number of methoxy groups -OCH3 is 1. The van der Waals surface area contributed by atoms with Crippen LogP contribution in [0, 0.1) is 0 Å². The summed E-state index contributed by atoms with van der Waals surface area (Å²) in [4.78, 5) is 2.10. The molecule has 0 saturated carbocycles. The second-order valence-electron chi connectivity index (χ2n) is 3.00. The molecule has 0 spiro atoms. The first kappa shape index (κ1) is 10.9. The Balaban J connectivity index is 2.28. The number of likely N-dealkylation sites (tertiary alicyclic amines) is 1. The van der Waals surface area contributed by atoms with Crippen molar-refractivity contribution in [2.75, 3.05) is 26.7 Å². The molecular formula is C7H12Cl3NO. The maximum atomic E-state index is 5.65. The summed E-state index contributed by atoms with van der Waals surface area (Å²) in [7, 11) is 1.71. The molecule has 2 nitrogen and oxygen atoms in total. The molecule has 0 aromatic rings. The maximum absolute atomic E-state index is 5.65. The fraction of sp³-hybridized carbons (Fsp3) is 1.00. The van der Waals surface area contributed by atoms with Crippen molar-refractivity contribution in [2.45, 2.75) is 16.3 Å². The van der Waals surface area contributed by atoms with Crippen molar-refractivity contribution in [3.05, 3.63) is 0 Å². The molecule has 0 N–H and O–H groups in total. The highest BCUT2D eigenvalue weighted by atomic mass is 35.6. The largest absolute Gasteiger partial charge is 0.380 e. The van der Waals surface area contributed by atoms with Gasteiger partial charge < -0.3 is 4.74 Å². The lowest BCUT2D eigenvalue weighted by Crippen LogP contribution is -2.31. The Morgan fingerprint density at radius 1 is 1.50 bits per heavy atom. The predicted octanol–water partition coefficient (Wildman–Crippen LogP) is 2.08. The molecule has 1 heterocycles. The van der Waals surface area contributed by atoms with Crippen LogP contribution in [0.15, 0.2) is 0 Å². The van der Waals surface area contributed by atoms with Crippen LogP contribution in [-0.4, -0.2) is 41.5 Å². The molecule has 0 aliphatic carbocycles. The predicted molar refractivity (Wildman–Crippen MR) is 52.1 cm³/mol. The minimum atomic E-state index is -1.16. The highest BCUT2D eigenvalue weighted by Gasteiger charge is 2.29. The fourth-order valence-corrected chi connectivity index (χ4v) is 1.89. The van der Waals surface area contributed by atoms with Crippen LogP contribution in [0.4, 0.5) is 0 Å². The van der Waals surface area contributed by atoms with Gasteiger partial charge >= 0.3 is 0 Å². The number of hydrogen-bond donors (Lipinski definition) is 0. The third kappa shape index (κ3) is 3.67. The van der Waals surface area contributed by atoms with Crippen LogP contribution in [0.25, 0.3) is 0 Å². The lowest BCUT2D eigenvalue weighted by atomic mass is 10.3. The molecular weight excluding hydrogens is 220 g/mol. The summed E-state index contributed by atoms with van der Waals surface area (Å²) in [5.74, 6) is 0. The van der Waals surface area contributed by atoms with E-state index in [4.69, 9.17) is 39.5 Å². The van der Waals surface area contributed by atoms with E-state index in [0.717, 1.165) is 19.5 Å². The average molecular weight is 233 g/mol. The number of hydrogen-bond acceptors (Lipinski definition) is 2. The zero-order valence-electron chi connectivity index (χ0n) is 6.90. The van der Waals surface area contributed by atoms with Gasteiger partial charge in [-0.15, -0.1) is 0 Å². The van der Waals surface area contributed by atoms with Crippen LogP contribution in [0.3, 0.4) is 0 Å². The van der Waals surface area contributed by atoms with Gasteiger partial charge in [0.25, 0.3) is 0 Å². The first-order valence-corrected chi connectivity index (χ1v) is 4.96. The highest BCUT2D eigenvalue weighted by molar-refractivity contribution is 6.67. The van der Waals surface area contributed by atoms with Gasteiger partial charge in [0.2, 0.25) is 3.79 Å². The van der Waals surface area contributed by atoms with Crippen LogP contribution in [0.5, 0.6) is 0 Å². The minimum absolute atomic E-state index is 0.303. The van der Waals surface area contributed by atoms with Crippen LogP contribution in [0.2, 0.25) is 0 Å². The maximum Gasteiger partial charge on any atom is 0.203 e. The van der Waals surface area contributed by atoms with E-state index in [1.165, 1.54) is 0 Å². The highest BCUT2D eigenvalue weighted by Crippen LogP contribution is 2.28. The smallest absolute Gasteiger partial charge is 0.203 e. The summed E-state index contributed by atoms with van der Waals surface area (Å²) in [6.45, 7) is 2.30. The van der Waals surface area contributed by atoms with E-state index in [0.29, 0.717) is 12.6 Å². The van der Waals surface area contributed by atoms with Gasteiger partial charge in [0, 0.05) is 26.7 Å². The number of halogens is 3. The van der Waals surface area contributed by atoms with Crippen LogP contribution < -0.4 is 0 Å². The van der Waals surface area contributed by atoms with E-state index in [9.17, 15) is 0 Å². The molecule has 1 saturated heterocycles. The van der Waals surface area contributed by atoms with E-state index < -0.39 is 3.79 Å². The van der Waals surface area contributed by atoms with Crippen molar-refractivity contribution in [1.29, 1.82) is 0 Å². The zero-order valence-corrected chi connectivity index (χ0v) is 9.16. The fourth-order valence-electron chi connectivity index (χ4n) is 1.39. The van der Waals surface area contributed by atoms with Gasteiger partial charge in [0.05, 0.1) is 6.10 Å². The van der Waals surface area contributed by atoms with Crippen molar-refractivity contribution in [3.63, 3.8) is 0 Å². The van der Waals surface area contributed by atoms with Gasteiger partial charge in [-0.2, -0.15) is 0 Å². The first-order chi connectivity index (χ1) is 5.51. The molecule has 1 aliphatic heterocycles. The van der Waals surface area contributed by atoms with Crippen LogP contribution >= 0.6 is 34.8 Å². The van der Waals surface area contributed by atoms with E-state index in [1.54, 1.807) is 7.11 Å². The quantitative estimate of drug-likeness (QED) is 0.676. The number of alkyl halides is 3. The lowest BCUT2D eigenvalue weighted by Gasteiger charge is -2.20. The summed E-state index contributed by atoms with van der Waals surface area (Å²) in [6.07, 6.45) is 1.33. The SMILES string of the molecule is CO[C@H]1CCN(CC(Cl)(Cl)Cl)C1. The van der Waals surface area contributed by atoms with Gasteiger partial charge in [-0.3, -0.25) is 4.90 Å². The van der Waals surface area contributed by atoms with E-state index in [2.05, 4.69) is 4.90 Å². The van der Waals surface area contributed by atoms with Gasteiger partial charge in [-0.25, -0.2) is 0 Å². The molecule has 0 radical (unpaired) electrons. The summed E-state index contributed by atoms with van der Waals surface area (Å²) in [5.41, 5.74) is 0. The molecule has 0 aromatic carbocycles. The van der Waals surface area contributed by atoms with Crippen molar-refractivity contribution < 1.29 is 4.74 Å². The second-order valence-corrected chi connectivity index (χ2v) is 5.51. The molecule has 1 rings (SSSR count). The average Bonchev–Trinajstić information content (AvgIpc) is 2.32. The Hall–Kier alpha value is 0.790. The molecule has 72 valence electrons. The van der Waals surface area contributed by atoms with E-state index in [-0.39, 0.29) is 0 Å². The third-order valence-corrected chi connectivity index (χ3v) is 2.32. The number of nitrogens with zero attached hydrogens (tertiary/aromatic N) is 1. The second kappa shape index (κ2) is 4.34. The van der Waals surface area contributed by atoms with Crippen molar-refractivity contribution in [1.82, 2.24) is 4.90 Å². The van der Waals surface area contributed by atoms with Crippen molar-refractivity contribution in [3.8, 4) is 0 Å². The Bertz CT molecular complexity index is 148. The standard InChI is InChI=1S/C7H12Cl3NO/c1-12-6-2-3-11(4-6)5-7(8,9)10/h6H,2-5H2,1H3/t6-/m0/s1. The number of ether oxygens (including phenoxy) is 1. The van der Waals surface area contributed by atoms with Gasteiger partial charge in [0.15, 0.2) is 0 Å². The summed E-state index contributed by atoms with van der Waals surface area (Å²) < 4.78 is 4.02. The Kier molecular flexibility index (Phi) is 3.93. The van der Waals surface area contributed by atoms with Crippen LogP contribution in [0.1, 0.15) is 6.42 Å². The van der Waals surface area contributed by atoms with Crippen molar-refractivity contribution in [2.24, 2.45) is 0 Å². The van der Waals surface area contributed by atoms with Gasteiger partial charge in [-0.05, 0) is 6.42 Å². The van der Waals surface area contributed by atoms with Gasteiger partial charge in [0.1, 0.15) is 0 Å². The third-order valence-electron chi connectivity index (χ3n) is 1.97. The Morgan fingerprint density at radius 2 is 2.17 bits per heavy atom. The molecule has 0 aromatic heterocycles. The summed E-state index contributed by atoms with van der Waals surface area (Å²) >= 11 is 17.0. The Morgan fingerprint density at radius 3 is 2.58 bits per heavy atom. The summed E-state index contributed by atoms with van der Waals surface area (Å²) in [5, 5.41) is 0. The molecule has 1 fully saturated rings. The molecule has 0 amide bonds. The topological polar surface area (TPSA) is 12.5 Å². The Labute approximate surface area is 87.7 Å². The molecule has 1 aliphatic rings. The summed E-state index contributed by atoms with van der Waals surface area (Å²) in [6, 6.07) is 0. The van der Waals surface area contributed by atoms with Crippen LogP contribution in [-0.2, 0) is 4.74 Å². The molecule has 12 heavy (non-hydrogen) atoms. The zero-order chi connectivity index (χ0) is 9.19. The van der Waals surface area contributed by atoms with E-state index >= 15 is 0 Å². The normalized spacial score (nSPS) is 26.5. The first-order valence-electron chi connectivity index (χ1n) is 3.83. The monoisotopic (exact) mass is 231 g/mol. The lowest BCUT2D eigenvalue weighted by molar-refractivity contribution is 0.108. The molecule has 5 heteroatoms. The van der Waals surface area contributed by atoms with Gasteiger partial charge in [-0.1, -0.05) is 34.8 Å². The number of rotatable bonds is 2. The molecule has 0 bridgehead atoms. The minimum Gasteiger partial charge on any atom is -0.380 e. The van der Waals surface area contributed by atoms with Crippen molar-refractivity contribution >= 4 is 34.8 Å².